The first kappa shape index (κ1) is 14.1. The smallest absolute Gasteiger partial charge is 0.296 e. The van der Waals surface area contributed by atoms with E-state index in [2.05, 4.69) is 5.10 Å². The molecule has 19 heavy (non-hydrogen) atoms. The number of anilines is 1. The van der Waals surface area contributed by atoms with Gasteiger partial charge in [-0.2, -0.15) is 13.5 Å². The van der Waals surface area contributed by atoms with Gasteiger partial charge in [-0.1, -0.05) is 23.2 Å². The van der Waals surface area contributed by atoms with Crippen molar-refractivity contribution in [3.05, 3.63) is 33.9 Å². The van der Waals surface area contributed by atoms with E-state index >= 15 is 0 Å². The summed E-state index contributed by atoms with van der Waals surface area (Å²) in [5, 5.41) is 3.99. The number of hydrogen-bond acceptors (Lipinski definition) is 4. The monoisotopic (exact) mass is 321 g/mol. The third-order valence-corrected chi connectivity index (χ3v) is 3.99. The Morgan fingerprint density at radius 1 is 1.26 bits per heavy atom. The van der Waals surface area contributed by atoms with E-state index in [4.69, 9.17) is 33.5 Å². The van der Waals surface area contributed by atoms with Crippen molar-refractivity contribution in [1.82, 2.24) is 9.78 Å². The number of nitrogens with zero attached hydrogens (tertiary/aromatic N) is 2. The lowest BCUT2D eigenvalue weighted by atomic mass is 10.3. The third kappa shape index (κ3) is 2.69. The Bertz CT molecular complexity index is 756. The van der Waals surface area contributed by atoms with Gasteiger partial charge in [0, 0.05) is 6.07 Å². The van der Waals surface area contributed by atoms with Gasteiger partial charge in [0.25, 0.3) is 10.1 Å². The number of aromatic nitrogens is 2. The van der Waals surface area contributed by atoms with Crippen LogP contribution in [0.4, 0.5) is 5.82 Å². The van der Waals surface area contributed by atoms with E-state index in [1.165, 1.54) is 10.7 Å². The summed E-state index contributed by atoms with van der Waals surface area (Å²) < 4.78 is 32.5. The van der Waals surface area contributed by atoms with Crippen LogP contribution in [0.15, 0.2) is 23.1 Å². The van der Waals surface area contributed by atoms with Crippen LogP contribution in [-0.4, -0.2) is 22.8 Å². The molecule has 0 aliphatic heterocycles. The van der Waals surface area contributed by atoms with E-state index in [0.29, 0.717) is 17.2 Å². The zero-order valence-electron chi connectivity index (χ0n) is 9.63. The summed E-state index contributed by atoms with van der Waals surface area (Å²) in [5.74, 6) is 0.329. The Hall–Kier alpha value is -1.28. The molecule has 0 radical (unpaired) electrons. The third-order valence-electron chi connectivity index (χ3n) is 2.37. The highest BCUT2D eigenvalue weighted by Crippen LogP contribution is 2.31. The molecule has 0 aliphatic carbocycles. The lowest BCUT2D eigenvalue weighted by Gasteiger charge is -2.09. The second-order valence-corrected chi connectivity index (χ2v) is 6.04. The molecule has 2 aromatic rings. The average molecular weight is 322 g/mol. The lowest BCUT2D eigenvalue weighted by Crippen LogP contribution is -2.05. The Labute approximate surface area is 119 Å². The molecule has 102 valence electrons. The molecule has 2 rings (SSSR count). The van der Waals surface area contributed by atoms with Crippen LogP contribution in [0.1, 0.15) is 5.69 Å². The molecule has 0 bridgehead atoms. The Morgan fingerprint density at radius 3 is 2.37 bits per heavy atom. The number of aryl methyl sites for hydroxylation is 1. The molecule has 0 amide bonds. The normalized spacial score (nSPS) is 11.8. The quantitative estimate of drug-likeness (QED) is 0.827. The van der Waals surface area contributed by atoms with Gasteiger partial charge in [0.2, 0.25) is 0 Å². The maximum absolute atomic E-state index is 11.1. The summed E-state index contributed by atoms with van der Waals surface area (Å²) in [6, 6.07) is 3.95. The van der Waals surface area contributed by atoms with Gasteiger partial charge in [0.05, 0.1) is 21.4 Å². The first-order valence-corrected chi connectivity index (χ1v) is 7.19. The topological polar surface area (TPSA) is 98.2 Å². The van der Waals surface area contributed by atoms with Gasteiger partial charge in [0.1, 0.15) is 10.7 Å². The molecule has 0 fully saturated rings. The molecule has 1 aromatic heterocycles. The molecule has 0 aliphatic rings. The van der Waals surface area contributed by atoms with Crippen molar-refractivity contribution >= 4 is 39.1 Å². The summed E-state index contributed by atoms with van der Waals surface area (Å²) in [6.07, 6.45) is 0. The largest absolute Gasteiger partial charge is 0.384 e. The van der Waals surface area contributed by atoms with Crippen molar-refractivity contribution in [3.8, 4) is 5.69 Å². The van der Waals surface area contributed by atoms with E-state index in [0.717, 1.165) is 6.07 Å². The predicted molar refractivity (Wildman–Crippen MR) is 72.5 cm³/mol. The summed E-state index contributed by atoms with van der Waals surface area (Å²) in [7, 11) is -4.44. The summed E-state index contributed by atoms with van der Waals surface area (Å²) >= 11 is 11.8. The number of rotatable bonds is 2. The first-order chi connectivity index (χ1) is 8.70. The Balaban J connectivity index is 2.69. The minimum Gasteiger partial charge on any atom is -0.384 e. The van der Waals surface area contributed by atoms with Crippen molar-refractivity contribution in [3.63, 3.8) is 0 Å². The van der Waals surface area contributed by atoms with Gasteiger partial charge < -0.3 is 5.73 Å². The van der Waals surface area contributed by atoms with Crippen LogP contribution in [-0.2, 0) is 10.1 Å². The number of nitrogen functional groups attached to an aromatic ring is 1. The Morgan fingerprint density at radius 2 is 1.89 bits per heavy atom. The molecule has 1 aromatic carbocycles. The molecule has 0 atom stereocenters. The Kier molecular flexibility index (Phi) is 3.48. The average Bonchev–Trinajstić information content (AvgIpc) is 2.59. The van der Waals surface area contributed by atoms with Crippen LogP contribution < -0.4 is 5.73 Å². The van der Waals surface area contributed by atoms with Crippen LogP contribution in [0.3, 0.4) is 0 Å². The van der Waals surface area contributed by atoms with Crippen molar-refractivity contribution in [2.45, 2.75) is 11.8 Å². The van der Waals surface area contributed by atoms with Gasteiger partial charge in [-0.05, 0) is 19.1 Å². The van der Waals surface area contributed by atoms with E-state index in [9.17, 15) is 8.42 Å². The molecule has 0 saturated heterocycles. The fourth-order valence-electron chi connectivity index (χ4n) is 1.59. The zero-order chi connectivity index (χ0) is 14.4. The fourth-order valence-corrected chi connectivity index (χ4v) is 2.92. The molecule has 3 N–H and O–H groups in total. The maximum atomic E-state index is 11.1. The van der Waals surface area contributed by atoms with Crippen LogP contribution in [0.2, 0.25) is 10.0 Å². The maximum Gasteiger partial charge on any atom is 0.296 e. The van der Waals surface area contributed by atoms with Gasteiger partial charge in [-0.3, -0.25) is 4.55 Å². The predicted octanol–water partition coefficient (Wildman–Crippen LogP) is 2.32. The van der Waals surface area contributed by atoms with Gasteiger partial charge in [-0.15, -0.1) is 0 Å². The van der Waals surface area contributed by atoms with E-state index in [1.54, 1.807) is 13.0 Å². The molecule has 0 saturated carbocycles. The molecular formula is C10H9Cl2N3O3S. The zero-order valence-corrected chi connectivity index (χ0v) is 12.0. The standard InChI is InChI=1S/C10H9Cl2N3O3S/c1-5-2-10(13)15(14-5)8-3-7(12)9(4-6(8)11)19(16,17)18/h2-4H,13H2,1H3,(H,16,17,18). The van der Waals surface area contributed by atoms with Crippen LogP contribution >= 0.6 is 23.2 Å². The van der Waals surface area contributed by atoms with Gasteiger partial charge in [0.15, 0.2) is 0 Å². The lowest BCUT2D eigenvalue weighted by molar-refractivity contribution is 0.483. The number of hydrogen-bond donors (Lipinski definition) is 2. The van der Waals surface area contributed by atoms with Gasteiger partial charge in [-0.25, -0.2) is 4.68 Å². The van der Waals surface area contributed by atoms with E-state index in [-0.39, 0.29) is 10.0 Å². The number of nitrogens with two attached hydrogens (primary N) is 1. The molecule has 0 unspecified atom stereocenters. The molecular weight excluding hydrogens is 313 g/mol. The summed E-state index contributed by atoms with van der Waals surface area (Å²) in [5.41, 5.74) is 6.74. The second-order valence-electron chi connectivity index (χ2n) is 3.83. The highest BCUT2D eigenvalue weighted by atomic mass is 35.5. The van der Waals surface area contributed by atoms with E-state index in [1.807, 2.05) is 0 Å². The van der Waals surface area contributed by atoms with Crippen molar-refractivity contribution in [2.24, 2.45) is 0 Å². The highest BCUT2D eigenvalue weighted by Gasteiger charge is 2.19. The first-order valence-electron chi connectivity index (χ1n) is 4.99. The number of halogens is 2. The second kappa shape index (κ2) is 4.68. The summed E-state index contributed by atoms with van der Waals surface area (Å²) in [6.45, 7) is 1.74. The minimum absolute atomic E-state index is 0.0480. The van der Waals surface area contributed by atoms with Crippen LogP contribution in [0, 0.1) is 6.92 Å². The van der Waals surface area contributed by atoms with Crippen molar-refractivity contribution in [1.29, 1.82) is 0 Å². The van der Waals surface area contributed by atoms with Crippen LogP contribution in [0.25, 0.3) is 5.69 Å². The van der Waals surface area contributed by atoms with E-state index < -0.39 is 15.0 Å². The fraction of sp³-hybridized carbons (Fsp3) is 0.100. The van der Waals surface area contributed by atoms with Crippen LogP contribution in [0.5, 0.6) is 0 Å². The number of benzene rings is 1. The SMILES string of the molecule is Cc1cc(N)n(-c2cc(Cl)c(S(=O)(=O)O)cc2Cl)n1. The molecule has 6 nitrogen and oxygen atoms in total. The molecule has 1 heterocycles. The highest BCUT2D eigenvalue weighted by molar-refractivity contribution is 7.86. The molecule has 0 spiro atoms. The summed E-state index contributed by atoms with van der Waals surface area (Å²) in [4.78, 5) is -0.467. The minimum atomic E-state index is -4.44. The molecule has 9 heteroatoms. The van der Waals surface area contributed by atoms with Crippen molar-refractivity contribution in [2.75, 3.05) is 5.73 Å². The van der Waals surface area contributed by atoms with Gasteiger partial charge >= 0.3 is 0 Å². The van der Waals surface area contributed by atoms with Crippen molar-refractivity contribution < 1.29 is 13.0 Å².